The molecule has 0 N–H and O–H groups in total. The van der Waals surface area contributed by atoms with Crippen LogP contribution in [0.25, 0.3) is 27.6 Å². The Hall–Kier alpha value is -3.67. The highest BCUT2D eigenvalue weighted by molar-refractivity contribution is 6.14. The lowest BCUT2D eigenvalue weighted by molar-refractivity contribution is 0.634. The molecule has 178 valence electrons. The van der Waals surface area contributed by atoms with Crippen LogP contribution in [0.1, 0.15) is 35.2 Å². The van der Waals surface area contributed by atoms with E-state index in [0.29, 0.717) is 0 Å². The summed E-state index contributed by atoms with van der Waals surface area (Å²) in [6.45, 7) is 11.6. The van der Waals surface area contributed by atoms with Crippen LogP contribution >= 0.6 is 0 Å². The third-order valence-electron chi connectivity index (χ3n) is 7.20. The van der Waals surface area contributed by atoms with Gasteiger partial charge in [0, 0.05) is 30.7 Å². The highest BCUT2D eigenvalue weighted by Gasteiger charge is 2.27. The summed E-state index contributed by atoms with van der Waals surface area (Å²) in [6.07, 6.45) is 6.24. The Morgan fingerprint density at radius 2 is 1.66 bits per heavy atom. The van der Waals surface area contributed by atoms with Crippen molar-refractivity contribution in [3.63, 3.8) is 0 Å². The predicted molar refractivity (Wildman–Crippen MR) is 142 cm³/mol. The molecular formula is C29H32N6. The summed E-state index contributed by atoms with van der Waals surface area (Å²) >= 11 is 0. The van der Waals surface area contributed by atoms with Crippen molar-refractivity contribution in [2.24, 2.45) is 5.92 Å². The largest absolute Gasteiger partial charge is 0.369 e. The average Bonchev–Trinajstić information content (AvgIpc) is 3.38. The van der Waals surface area contributed by atoms with E-state index in [4.69, 9.17) is 4.98 Å². The van der Waals surface area contributed by atoms with Crippen molar-refractivity contribution in [1.29, 1.82) is 0 Å². The van der Waals surface area contributed by atoms with Crippen LogP contribution in [0.3, 0.4) is 0 Å². The Morgan fingerprint density at radius 3 is 2.37 bits per heavy atom. The molecule has 0 aliphatic heterocycles. The summed E-state index contributed by atoms with van der Waals surface area (Å²) < 4.78 is 4.45. The van der Waals surface area contributed by atoms with Crippen LogP contribution in [0.5, 0.6) is 0 Å². The number of hydrogen-bond acceptors (Lipinski definition) is 4. The van der Waals surface area contributed by atoms with E-state index >= 15 is 0 Å². The lowest BCUT2D eigenvalue weighted by atomic mass is 10.0. The smallest absolute Gasteiger partial charge is 0.147 e. The fraction of sp³-hybridized carbons (Fsp3) is 0.345. The first-order chi connectivity index (χ1) is 17.0. The quantitative estimate of drug-likeness (QED) is 0.300. The van der Waals surface area contributed by atoms with Gasteiger partial charge in [-0.2, -0.15) is 0 Å². The second-order valence-electron chi connectivity index (χ2n) is 10.2. The topological polar surface area (TPSA) is 51.8 Å². The summed E-state index contributed by atoms with van der Waals surface area (Å²) in [6, 6.07) is 15.6. The van der Waals surface area contributed by atoms with Gasteiger partial charge in [0.2, 0.25) is 0 Å². The monoisotopic (exact) mass is 464 g/mol. The number of fused-ring (bicyclic) bond motifs is 3. The molecule has 0 spiro atoms. The van der Waals surface area contributed by atoms with Crippen LogP contribution in [0.4, 0.5) is 5.69 Å². The van der Waals surface area contributed by atoms with E-state index in [9.17, 15) is 0 Å². The fourth-order valence-corrected chi connectivity index (χ4v) is 5.55. The van der Waals surface area contributed by atoms with Crippen molar-refractivity contribution in [1.82, 2.24) is 24.3 Å². The Morgan fingerprint density at radius 1 is 0.943 bits per heavy atom. The standard InChI is InChI=1S/C29H32N6/c1-19-13-20(2)28(21(3)14-19)35-25-8-6-5-7-24(25)27-26(15-22(4)32-29(27)35)34(16-23-9-10-23)12-11-33-17-30-31-18-33/h5-8,13-15,17-18,23H,9-12,16H2,1-4H3. The van der Waals surface area contributed by atoms with E-state index in [0.717, 1.165) is 36.9 Å². The lowest BCUT2D eigenvalue weighted by Gasteiger charge is -2.26. The van der Waals surface area contributed by atoms with Crippen LogP contribution in [-0.4, -0.2) is 37.4 Å². The number of pyridine rings is 1. The second kappa shape index (κ2) is 8.52. The molecule has 1 aliphatic rings. The number of rotatable bonds is 7. The number of aryl methyl sites for hydroxylation is 4. The summed E-state index contributed by atoms with van der Waals surface area (Å²) in [5.41, 5.74) is 9.66. The van der Waals surface area contributed by atoms with E-state index in [-0.39, 0.29) is 0 Å². The first-order valence-corrected chi connectivity index (χ1v) is 12.6. The van der Waals surface area contributed by atoms with Gasteiger partial charge >= 0.3 is 0 Å². The third-order valence-corrected chi connectivity index (χ3v) is 7.20. The average molecular weight is 465 g/mol. The highest BCUT2D eigenvalue weighted by Crippen LogP contribution is 2.40. The lowest BCUT2D eigenvalue weighted by Crippen LogP contribution is -2.29. The highest BCUT2D eigenvalue weighted by atomic mass is 15.2. The van der Waals surface area contributed by atoms with Gasteiger partial charge < -0.3 is 9.47 Å². The molecule has 1 aliphatic carbocycles. The molecule has 35 heavy (non-hydrogen) atoms. The SMILES string of the molecule is Cc1cc(C)c(-n2c3ccccc3c3c(N(CCn4cnnc4)CC4CC4)cc(C)nc32)c(C)c1. The first kappa shape index (κ1) is 21.8. The second-order valence-corrected chi connectivity index (χ2v) is 10.2. The number of para-hydroxylation sites is 1. The van der Waals surface area contributed by atoms with Gasteiger partial charge in [0.15, 0.2) is 0 Å². The van der Waals surface area contributed by atoms with Gasteiger partial charge in [0.05, 0.1) is 22.3 Å². The van der Waals surface area contributed by atoms with Crippen LogP contribution in [0, 0.1) is 33.6 Å². The minimum atomic E-state index is 0.773. The zero-order chi connectivity index (χ0) is 24.1. The normalized spacial score (nSPS) is 13.7. The molecule has 1 saturated carbocycles. The van der Waals surface area contributed by atoms with Crippen LogP contribution < -0.4 is 4.90 Å². The number of benzene rings is 2. The molecule has 0 radical (unpaired) electrons. The molecule has 6 nitrogen and oxygen atoms in total. The van der Waals surface area contributed by atoms with E-state index < -0.39 is 0 Å². The zero-order valence-electron chi connectivity index (χ0n) is 21.0. The minimum Gasteiger partial charge on any atom is -0.369 e. The number of nitrogens with zero attached hydrogens (tertiary/aromatic N) is 6. The fourth-order valence-electron chi connectivity index (χ4n) is 5.55. The van der Waals surface area contributed by atoms with E-state index in [1.54, 1.807) is 12.7 Å². The Balaban J connectivity index is 1.59. The molecule has 6 rings (SSSR count). The number of anilines is 1. The molecular weight excluding hydrogens is 432 g/mol. The molecule has 3 heterocycles. The van der Waals surface area contributed by atoms with Crippen molar-refractivity contribution in [2.75, 3.05) is 18.0 Å². The Labute approximate surface area is 206 Å². The molecule has 0 bridgehead atoms. The predicted octanol–water partition coefficient (Wildman–Crippen LogP) is 5.92. The zero-order valence-corrected chi connectivity index (χ0v) is 21.0. The Kier molecular flexibility index (Phi) is 5.32. The summed E-state index contributed by atoms with van der Waals surface area (Å²) in [5.74, 6) is 0.773. The minimum absolute atomic E-state index is 0.773. The van der Waals surface area contributed by atoms with Gasteiger partial charge in [-0.15, -0.1) is 10.2 Å². The summed E-state index contributed by atoms with van der Waals surface area (Å²) in [5, 5.41) is 10.5. The maximum atomic E-state index is 5.15. The number of hydrogen-bond donors (Lipinski definition) is 0. The number of aromatic nitrogens is 5. The maximum absolute atomic E-state index is 5.15. The van der Waals surface area contributed by atoms with Crippen molar-refractivity contribution >= 4 is 27.6 Å². The van der Waals surface area contributed by atoms with Crippen molar-refractivity contribution in [2.45, 2.75) is 47.1 Å². The molecule has 6 heteroatoms. The van der Waals surface area contributed by atoms with Crippen LogP contribution in [0.2, 0.25) is 0 Å². The molecule has 0 unspecified atom stereocenters. The van der Waals surface area contributed by atoms with E-state index in [1.807, 2.05) is 0 Å². The van der Waals surface area contributed by atoms with Gasteiger partial charge in [0.25, 0.3) is 0 Å². The molecule has 0 atom stereocenters. The van der Waals surface area contributed by atoms with Crippen molar-refractivity contribution < 1.29 is 0 Å². The van der Waals surface area contributed by atoms with Gasteiger partial charge in [-0.05, 0) is 69.7 Å². The van der Waals surface area contributed by atoms with Crippen LogP contribution in [0.15, 0.2) is 55.1 Å². The molecule has 2 aromatic carbocycles. The maximum Gasteiger partial charge on any atom is 0.147 e. The Bertz CT molecular complexity index is 1500. The van der Waals surface area contributed by atoms with Crippen molar-refractivity contribution in [3.05, 3.63) is 77.5 Å². The molecule has 0 saturated heterocycles. The third kappa shape index (κ3) is 3.97. The molecule has 3 aromatic heterocycles. The van der Waals surface area contributed by atoms with Crippen molar-refractivity contribution in [3.8, 4) is 5.69 Å². The first-order valence-electron chi connectivity index (χ1n) is 12.6. The van der Waals surface area contributed by atoms with Crippen LogP contribution in [-0.2, 0) is 6.54 Å². The molecule has 5 aromatic rings. The van der Waals surface area contributed by atoms with E-state index in [2.05, 4.69) is 94.4 Å². The molecule has 1 fully saturated rings. The van der Waals surface area contributed by atoms with E-state index in [1.165, 1.54) is 57.2 Å². The summed E-state index contributed by atoms with van der Waals surface area (Å²) in [7, 11) is 0. The van der Waals surface area contributed by atoms with Gasteiger partial charge in [-0.25, -0.2) is 4.98 Å². The van der Waals surface area contributed by atoms with Gasteiger partial charge in [-0.1, -0.05) is 35.9 Å². The van der Waals surface area contributed by atoms with Gasteiger partial charge in [0.1, 0.15) is 18.3 Å². The summed E-state index contributed by atoms with van der Waals surface area (Å²) in [4.78, 5) is 7.72. The molecule has 0 amide bonds. The van der Waals surface area contributed by atoms with Gasteiger partial charge in [-0.3, -0.25) is 4.57 Å².